The highest BCUT2D eigenvalue weighted by molar-refractivity contribution is 7.14. The predicted octanol–water partition coefficient (Wildman–Crippen LogP) is 4.32. The Hall–Kier alpha value is -1.36. The first-order valence-corrected chi connectivity index (χ1v) is 9.11. The number of nitrogens with one attached hydrogen (secondary N) is 1. The van der Waals surface area contributed by atoms with Gasteiger partial charge in [-0.25, -0.2) is 4.79 Å². The van der Waals surface area contributed by atoms with Crippen LogP contribution in [0.3, 0.4) is 0 Å². The minimum absolute atomic E-state index is 0.0238. The number of carbonyl (C=O) groups excluding carboxylic acids is 2. The van der Waals surface area contributed by atoms with Crippen LogP contribution in [0, 0.1) is 11.8 Å². The van der Waals surface area contributed by atoms with Crippen molar-refractivity contribution in [3.05, 3.63) is 21.9 Å². The Balaban J connectivity index is 2.09. The highest BCUT2D eigenvalue weighted by Gasteiger charge is 2.32. The molecule has 0 radical (unpaired) electrons. The zero-order valence-corrected chi connectivity index (χ0v) is 15.5. The van der Waals surface area contributed by atoms with Gasteiger partial charge in [0, 0.05) is 10.8 Å². The van der Waals surface area contributed by atoms with Crippen LogP contribution in [-0.2, 0) is 9.53 Å². The van der Waals surface area contributed by atoms with Gasteiger partial charge in [0.2, 0.25) is 5.91 Å². The first-order valence-electron chi connectivity index (χ1n) is 8.29. The van der Waals surface area contributed by atoms with Gasteiger partial charge in [-0.05, 0) is 58.1 Å². The summed E-state index contributed by atoms with van der Waals surface area (Å²) < 4.78 is 5.41. The van der Waals surface area contributed by atoms with E-state index in [1.807, 2.05) is 26.8 Å². The number of hydrogen-bond acceptors (Lipinski definition) is 4. The monoisotopic (exact) mass is 337 g/mol. The van der Waals surface area contributed by atoms with Crippen molar-refractivity contribution in [2.45, 2.75) is 65.5 Å². The molecule has 1 fully saturated rings. The van der Waals surface area contributed by atoms with Gasteiger partial charge in [-0.1, -0.05) is 13.8 Å². The van der Waals surface area contributed by atoms with Gasteiger partial charge in [0.25, 0.3) is 0 Å². The predicted molar refractivity (Wildman–Crippen MR) is 92.6 cm³/mol. The van der Waals surface area contributed by atoms with Gasteiger partial charge in [0.1, 0.15) is 10.5 Å². The second-order valence-electron chi connectivity index (χ2n) is 7.67. The molecule has 23 heavy (non-hydrogen) atoms. The van der Waals surface area contributed by atoms with Gasteiger partial charge < -0.3 is 10.1 Å². The molecular weight excluding hydrogens is 310 g/mol. The third kappa shape index (κ3) is 5.65. The van der Waals surface area contributed by atoms with Crippen LogP contribution in [0.15, 0.2) is 12.1 Å². The lowest BCUT2D eigenvalue weighted by Crippen LogP contribution is -2.30. The van der Waals surface area contributed by atoms with Crippen molar-refractivity contribution in [3.8, 4) is 0 Å². The summed E-state index contributed by atoms with van der Waals surface area (Å²) in [5, 5.41) is 3.15. The normalized spacial score (nSPS) is 16.3. The van der Waals surface area contributed by atoms with Gasteiger partial charge >= 0.3 is 5.97 Å². The zero-order chi connectivity index (χ0) is 17.2. The molecule has 4 nitrogen and oxygen atoms in total. The van der Waals surface area contributed by atoms with Crippen molar-refractivity contribution in [3.63, 3.8) is 0 Å². The molecule has 2 rings (SSSR count). The fraction of sp³-hybridized carbons (Fsp3) is 0.667. The molecule has 0 bridgehead atoms. The standard InChI is InChI=1S/C18H27NO3S/c1-11(2)10-13(19-16(20)12-6-7-12)14-8-9-15(23-14)17(21)22-18(3,4)5/h8-9,11-13H,6-7,10H2,1-5H3,(H,19,20). The molecule has 1 heterocycles. The third-order valence-corrected chi connectivity index (χ3v) is 4.72. The molecule has 0 aromatic carbocycles. The van der Waals surface area contributed by atoms with Gasteiger partial charge in [0.05, 0.1) is 6.04 Å². The summed E-state index contributed by atoms with van der Waals surface area (Å²) in [5.74, 6) is 0.495. The van der Waals surface area contributed by atoms with E-state index >= 15 is 0 Å². The van der Waals surface area contributed by atoms with E-state index in [0.29, 0.717) is 10.8 Å². The summed E-state index contributed by atoms with van der Waals surface area (Å²) in [6.45, 7) is 9.85. The molecule has 0 spiro atoms. The molecule has 1 aliphatic carbocycles. The Morgan fingerprint density at radius 2 is 1.96 bits per heavy atom. The average Bonchev–Trinajstić information content (AvgIpc) is 3.12. The van der Waals surface area contributed by atoms with E-state index in [1.54, 1.807) is 6.07 Å². The maximum absolute atomic E-state index is 12.2. The number of rotatable bonds is 6. The summed E-state index contributed by atoms with van der Waals surface area (Å²) >= 11 is 1.42. The van der Waals surface area contributed by atoms with E-state index in [4.69, 9.17) is 4.74 Å². The van der Waals surface area contributed by atoms with E-state index < -0.39 is 5.60 Å². The van der Waals surface area contributed by atoms with Crippen LogP contribution >= 0.6 is 11.3 Å². The molecule has 1 amide bonds. The van der Waals surface area contributed by atoms with Crippen molar-refractivity contribution in [2.75, 3.05) is 0 Å². The molecule has 1 N–H and O–H groups in total. The van der Waals surface area contributed by atoms with E-state index in [9.17, 15) is 9.59 Å². The number of hydrogen-bond donors (Lipinski definition) is 1. The molecule has 5 heteroatoms. The van der Waals surface area contributed by atoms with Crippen molar-refractivity contribution in [1.82, 2.24) is 5.32 Å². The van der Waals surface area contributed by atoms with Crippen molar-refractivity contribution < 1.29 is 14.3 Å². The van der Waals surface area contributed by atoms with Gasteiger partial charge in [0.15, 0.2) is 0 Å². The number of ether oxygens (including phenoxy) is 1. The highest BCUT2D eigenvalue weighted by Crippen LogP contribution is 2.33. The zero-order valence-electron chi connectivity index (χ0n) is 14.6. The van der Waals surface area contributed by atoms with Gasteiger partial charge in [-0.15, -0.1) is 11.3 Å². The highest BCUT2D eigenvalue weighted by atomic mass is 32.1. The van der Waals surface area contributed by atoms with Gasteiger partial charge in [-0.3, -0.25) is 4.79 Å². The molecular formula is C18H27NO3S. The fourth-order valence-corrected chi connectivity index (χ4v) is 3.28. The topological polar surface area (TPSA) is 55.4 Å². The quantitative estimate of drug-likeness (QED) is 0.787. The van der Waals surface area contributed by atoms with Crippen LogP contribution in [0.4, 0.5) is 0 Å². The van der Waals surface area contributed by atoms with Gasteiger partial charge in [-0.2, -0.15) is 0 Å². The van der Waals surface area contributed by atoms with E-state index in [2.05, 4.69) is 19.2 Å². The number of thiophene rings is 1. The van der Waals surface area contributed by atoms with E-state index in [0.717, 1.165) is 24.1 Å². The second-order valence-corrected chi connectivity index (χ2v) is 8.78. The molecule has 1 unspecified atom stereocenters. The molecule has 1 saturated carbocycles. The average molecular weight is 337 g/mol. The Morgan fingerprint density at radius 3 is 2.48 bits per heavy atom. The molecule has 0 saturated heterocycles. The second kappa shape index (κ2) is 7.04. The van der Waals surface area contributed by atoms with Crippen LogP contribution < -0.4 is 5.32 Å². The van der Waals surface area contributed by atoms with Crippen LogP contribution in [0.25, 0.3) is 0 Å². The largest absolute Gasteiger partial charge is 0.456 e. The van der Waals surface area contributed by atoms with E-state index in [1.165, 1.54) is 11.3 Å². The maximum atomic E-state index is 12.2. The molecule has 1 aromatic heterocycles. The molecule has 128 valence electrons. The smallest absolute Gasteiger partial charge is 0.348 e. The molecule has 1 atom stereocenters. The lowest BCUT2D eigenvalue weighted by Gasteiger charge is -2.20. The Kier molecular flexibility index (Phi) is 5.50. The number of esters is 1. The summed E-state index contributed by atoms with van der Waals surface area (Å²) in [4.78, 5) is 25.9. The van der Waals surface area contributed by atoms with Crippen LogP contribution in [0.2, 0.25) is 0 Å². The maximum Gasteiger partial charge on any atom is 0.348 e. The Morgan fingerprint density at radius 1 is 1.30 bits per heavy atom. The fourth-order valence-electron chi connectivity index (χ4n) is 2.33. The Bertz CT molecular complexity index is 567. The first kappa shape index (κ1) is 18.0. The van der Waals surface area contributed by atoms with Crippen molar-refractivity contribution in [1.29, 1.82) is 0 Å². The summed E-state index contributed by atoms with van der Waals surface area (Å²) in [6, 6.07) is 3.71. The minimum atomic E-state index is -0.501. The van der Waals surface area contributed by atoms with Crippen LogP contribution in [0.5, 0.6) is 0 Å². The number of amides is 1. The van der Waals surface area contributed by atoms with Crippen molar-refractivity contribution >= 4 is 23.2 Å². The SMILES string of the molecule is CC(C)CC(NC(=O)C1CC1)c1ccc(C(=O)OC(C)(C)C)s1. The molecule has 0 aliphatic heterocycles. The van der Waals surface area contributed by atoms with E-state index in [-0.39, 0.29) is 23.8 Å². The molecule has 1 aliphatic rings. The summed E-state index contributed by atoms with van der Waals surface area (Å²) in [6.07, 6.45) is 2.86. The number of carbonyl (C=O) groups is 2. The Labute approximate surface area is 142 Å². The summed E-state index contributed by atoms with van der Waals surface area (Å²) in [7, 11) is 0. The molecule has 1 aromatic rings. The third-order valence-electron chi connectivity index (χ3n) is 3.54. The summed E-state index contributed by atoms with van der Waals surface area (Å²) in [5.41, 5.74) is -0.501. The first-order chi connectivity index (χ1) is 10.7. The van der Waals surface area contributed by atoms with Crippen LogP contribution in [0.1, 0.15) is 74.5 Å². The lowest BCUT2D eigenvalue weighted by molar-refractivity contribution is -0.123. The van der Waals surface area contributed by atoms with Crippen LogP contribution in [-0.4, -0.2) is 17.5 Å². The van der Waals surface area contributed by atoms with Crippen molar-refractivity contribution in [2.24, 2.45) is 11.8 Å². The lowest BCUT2D eigenvalue weighted by atomic mass is 10.0. The minimum Gasteiger partial charge on any atom is -0.456 e.